The first-order valence-corrected chi connectivity index (χ1v) is 9.37. The van der Waals surface area contributed by atoms with Crippen LogP contribution in [0.15, 0.2) is 65.3 Å². The van der Waals surface area contributed by atoms with Crippen molar-refractivity contribution in [1.29, 1.82) is 0 Å². The standard InChI is InChI=1S/C22H26N2O5/c1-4-24(14-16(2)3)20(25)15-29-22(27)18(13-17-9-6-5-7-10-17)23-21(26)19-11-8-12-28-19/h5-12,18H,2,4,13-15H2,1,3H3,(H,23,26). The molecule has 1 N–H and O–H groups in total. The van der Waals surface area contributed by atoms with E-state index in [1.54, 1.807) is 11.0 Å². The summed E-state index contributed by atoms with van der Waals surface area (Å²) in [6.07, 6.45) is 1.60. The van der Waals surface area contributed by atoms with E-state index in [1.165, 1.54) is 12.3 Å². The molecule has 7 nitrogen and oxygen atoms in total. The average molecular weight is 398 g/mol. The van der Waals surface area contributed by atoms with E-state index in [9.17, 15) is 14.4 Å². The van der Waals surface area contributed by atoms with Gasteiger partial charge in [0.05, 0.1) is 6.26 Å². The van der Waals surface area contributed by atoms with Crippen molar-refractivity contribution in [3.63, 3.8) is 0 Å². The molecule has 29 heavy (non-hydrogen) atoms. The van der Waals surface area contributed by atoms with Gasteiger partial charge in [-0.05, 0) is 31.5 Å². The van der Waals surface area contributed by atoms with Crippen molar-refractivity contribution in [2.45, 2.75) is 26.3 Å². The Bertz CT molecular complexity index is 830. The van der Waals surface area contributed by atoms with Crippen LogP contribution < -0.4 is 5.32 Å². The molecule has 0 aliphatic rings. The Morgan fingerprint density at radius 3 is 2.48 bits per heavy atom. The minimum absolute atomic E-state index is 0.0885. The van der Waals surface area contributed by atoms with Crippen molar-refractivity contribution in [2.75, 3.05) is 19.7 Å². The molecule has 2 rings (SSSR count). The van der Waals surface area contributed by atoms with Crippen LogP contribution >= 0.6 is 0 Å². The predicted octanol–water partition coefficient (Wildman–Crippen LogP) is 2.59. The average Bonchev–Trinajstić information content (AvgIpc) is 3.25. The number of carbonyl (C=O) groups is 3. The molecular formula is C22H26N2O5. The number of ether oxygens (including phenoxy) is 1. The molecule has 2 aromatic rings. The van der Waals surface area contributed by atoms with Crippen molar-refractivity contribution in [1.82, 2.24) is 10.2 Å². The van der Waals surface area contributed by atoms with Gasteiger partial charge in [-0.3, -0.25) is 9.59 Å². The second-order valence-electron chi connectivity index (χ2n) is 6.67. The van der Waals surface area contributed by atoms with Crippen LogP contribution in [0.1, 0.15) is 30.0 Å². The Labute approximate surface area is 170 Å². The zero-order chi connectivity index (χ0) is 21.2. The van der Waals surface area contributed by atoms with Crippen LogP contribution in [0, 0.1) is 0 Å². The molecule has 0 spiro atoms. The van der Waals surface area contributed by atoms with Gasteiger partial charge >= 0.3 is 5.97 Å². The number of hydrogen-bond donors (Lipinski definition) is 1. The summed E-state index contributed by atoms with van der Waals surface area (Å²) in [4.78, 5) is 38.8. The highest BCUT2D eigenvalue weighted by molar-refractivity contribution is 5.94. The highest BCUT2D eigenvalue weighted by atomic mass is 16.5. The highest BCUT2D eigenvalue weighted by Crippen LogP contribution is 2.08. The molecule has 0 saturated heterocycles. The summed E-state index contributed by atoms with van der Waals surface area (Å²) in [6, 6.07) is 11.3. The van der Waals surface area contributed by atoms with E-state index >= 15 is 0 Å². The van der Waals surface area contributed by atoms with E-state index in [0.29, 0.717) is 13.1 Å². The van der Waals surface area contributed by atoms with E-state index in [2.05, 4.69) is 11.9 Å². The number of furan rings is 1. The largest absolute Gasteiger partial charge is 0.459 e. The molecule has 0 saturated carbocycles. The third kappa shape index (κ3) is 6.95. The van der Waals surface area contributed by atoms with Crippen LogP contribution in [0.5, 0.6) is 0 Å². The lowest BCUT2D eigenvalue weighted by molar-refractivity contribution is -0.153. The first kappa shape index (κ1) is 21.9. The predicted molar refractivity (Wildman–Crippen MR) is 108 cm³/mol. The van der Waals surface area contributed by atoms with E-state index in [0.717, 1.165) is 11.1 Å². The van der Waals surface area contributed by atoms with Gasteiger partial charge in [0.1, 0.15) is 6.04 Å². The first-order valence-electron chi connectivity index (χ1n) is 9.37. The van der Waals surface area contributed by atoms with Crippen LogP contribution in [0.25, 0.3) is 0 Å². The lowest BCUT2D eigenvalue weighted by atomic mass is 10.1. The van der Waals surface area contributed by atoms with Gasteiger partial charge in [0.25, 0.3) is 11.8 Å². The summed E-state index contributed by atoms with van der Waals surface area (Å²) in [6.45, 7) is 7.93. The second-order valence-corrected chi connectivity index (χ2v) is 6.67. The fourth-order valence-corrected chi connectivity index (χ4v) is 2.71. The summed E-state index contributed by atoms with van der Waals surface area (Å²) < 4.78 is 10.3. The number of likely N-dealkylation sites (N-methyl/N-ethyl adjacent to an activating group) is 1. The summed E-state index contributed by atoms with van der Waals surface area (Å²) in [5.41, 5.74) is 1.68. The van der Waals surface area contributed by atoms with Gasteiger partial charge in [0, 0.05) is 19.5 Å². The van der Waals surface area contributed by atoms with Crippen LogP contribution in [-0.2, 0) is 20.7 Å². The fourth-order valence-electron chi connectivity index (χ4n) is 2.71. The molecule has 1 aromatic carbocycles. The van der Waals surface area contributed by atoms with Crippen molar-refractivity contribution in [2.24, 2.45) is 0 Å². The monoisotopic (exact) mass is 398 g/mol. The fraction of sp³-hybridized carbons (Fsp3) is 0.318. The van der Waals surface area contributed by atoms with E-state index in [-0.39, 0.29) is 18.1 Å². The van der Waals surface area contributed by atoms with Gasteiger partial charge in [-0.25, -0.2) is 4.79 Å². The lowest BCUT2D eigenvalue weighted by Gasteiger charge is -2.22. The SMILES string of the molecule is C=C(C)CN(CC)C(=O)COC(=O)C(Cc1ccccc1)NC(=O)c1ccco1. The topological polar surface area (TPSA) is 88.9 Å². The van der Waals surface area contributed by atoms with Gasteiger partial charge in [-0.1, -0.05) is 42.5 Å². The Morgan fingerprint density at radius 1 is 1.17 bits per heavy atom. The number of benzene rings is 1. The zero-order valence-corrected chi connectivity index (χ0v) is 16.7. The molecule has 7 heteroatoms. The van der Waals surface area contributed by atoms with E-state index < -0.39 is 24.5 Å². The molecule has 1 heterocycles. The van der Waals surface area contributed by atoms with Gasteiger partial charge in [0.15, 0.2) is 12.4 Å². The number of hydrogen-bond acceptors (Lipinski definition) is 5. The van der Waals surface area contributed by atoms with Gasteiger partial charge in [0.2, 0.25) is 0 Å². The van der Waals surface area contributed by atoms with Crippen LogP contribution in [0.4, 0.5) is 0 Å². The Balaban J connectivity index is 2.04. The molecule has 0 aliphatic carbocycles. The van der Waals surface area contributed by atoms with E-state index in [1.807, 2.05) is 44.2 Å². The maximum absolute atomic E-state index is 12.6. The first-order chi connectivity index (χ1) is 13.9. The van der Waals surface area contributed by atoms with Crippen LogP contribution in [-0.4, -0.2) is 48.4 Å². The third-order valence-electron chi connectivity index (χ3n) is 4.15. The highest BCUT2D eigenvalue weighted by Gasteiger charge is 2.25. The van der Waals surface area contributed by atoms with Crippen LogP contribution in [0.3, 0.4) is 0 Å². The number of amides is 2. The van der Waals surface area contributed by atoms with Crippen molar-refractivity contribution >= 4 is 17.8 Å². The molecule has 154 valence electrons. The summed E-state index contributed by atoms with van der Waals surface area (Å²) >= 11 is 0. The Morgan fingerprint density at radius 2 is 1.90 bits per heavy atom. The Kier molecular flexibility index (Phi) is 8.21. The molecule has 0 radical (unpaired) electrons. The summed E-state index contributed by atoms with van der Waals surface area (Å²) in [5, 5.41) is 2.62. The quantitative estimate of drug-likeness (QED) is 0.491. The molecule has 0 fully saturated rings. The summed E-state index contributed by atoms with van der Waals surface area (Å²) in [7, 11) is 0. The Hall–Kier alpha value is -3.35. The maximum atomic E-state index is 12.6. The second kappa shape index (κ2) is 10.8. The molecule has 1 unspecified atom stereocenters. The normalized spacial score (nSPS) is 11.4. The number of nitrogens with one attached hydrogen (secondary N) is 1. The smallest absolute Gasteiger partial charge is 0.329 e. The van der Waals surface area contributed by atoms with Crippen LogP contribution in [0.2, 0.25) is 0 Å². The number of nitrogens with zero attached hydrogens (tertiary/aromatic N) is 1. The van der Waals surface area contributed by atoms with Crippen molar-refractivity contribution in [3.8, 4) is 0 Å². The molecule has 1 aromatic heterocycles. The van der Waals surface area contributed by atoms with E-state index in [4.69, 9.17) is 9.15 Å². The zero-order valence-electron chi connectivity index (χ0n) is 16.7. The molecule has 0 aliphatic heterocycles. The van der Waals surface area contributed by atoms with Gasteiger partial charge in [-0.2, -0.15) is 0 Å². The lowest BCUT2D eigenvalue weighted by Crippen LogP contribution is -2.44. The minimum Gasteiger partial charge on any atom is -0.459 e. The summed E-state index contributed by atoms with van der Waals surface area (Å²) in [5.74, 6) is -1.45. The molecular weight excluding hydrogens is 372 g/mol. The molecule has 2 amide bonds. The number of carbonyl (C=O) groups excluding carboxylic acids is 3. The molecule has 0 bridgehead atoms. The van der Waals surface area contributed by atoms with Gasteiger partial charge < -0.3 is 19.4 Å². The van der Waals surface area contributed by atoms with Crippen molar-refractivity contribution in [3.05, 3.63) is 72.2 Å². The minimum atomic E-state index is -0.959. The van der Waals surface area contributed by atoms with Crippen molar-refractivity contribution < 1.29 is 23.5 Å². The molecule has 1 atom stereocenters. The third-order valence-corrected chi connectivity index (χ3v) is 4.15. The number of esters is 1. The maximum Gasteiger partial charge on any atom is 0.329 e. The van der Waals surface area contributed by atoms with Gasteiger partial charge in [-0.15, -0.1) is 0 Å². The number of rotatable bonds is 10.